The maximum atomic E-state index is 2.42. The minimum Gasteiger partial charge on any atom is -0.309 e. The third kappa shape index (κ3) is 3.47. The zero-order chi connectivity index (χ0) is 25.8. The van der Waals surface area contributed by atoms with Crippen LogP contribution in [0.5, 0.6) is 0 Å². The molecule has 0 bridgehead atoms. The second-order valence-corrected chi connectivity index (χ2v) is 10.5. The number of benzene rings is 6. The fourth-order valence-electron chi connectivity index (χ4n) is 6.67. The Labute approximate surface area is 228 Å². The second-order valence-electron chi connectivity index (χ2n) is 10.5. The first kappa shape index (κ1) is 22.1. The van der Waals surface area contributed by atoms with Gasteiger partial charge in [0.25, 0.3) is 0 Å². The van der Waals surface area contributed by atoms with E-state index < -0.39 is 0 Å². The molecule has 1 heterocycles. The number of hydrogen-bond donors (Lipinski definition) is 0. The van der Waals surface area contributed by atoms with Gasteiger partial charge in [-0.05, 0) is 57.3 Å². The molecule has 0 spiro atoms. The molecule has 39 heavy (non-hydrogen) atoms. The Hall–Kier alpha value is -4.88. The van der Waals surface area contributed by atoms with Gasteiger partial charge in [-0.1, -0.05) is 127 Å². The molecule has 7 aromatic rings. The van der Waals surface area contributed by atoms with Crippen molar-refractivity contribution in [2.75, 3.05) is 0 Å². The quantitative estimate of drug-likeness (QED) is 0.229. The molecule has 0 saturated heterocycles. The average molecular weight is 498 g/mol. The molecule has 8 rings (SSSR count). The van der Waals surface area contributed by atoms with Gasteiger partial charge in [0.1, 0.15) is 0 Å². The molecule has 2 atom stereocenters. The van der Waals surface area contributed by atoms with Crippen molar-refractivity contribution in [3.8, 4) is 5.69 Å². The molecule has 1 heteroatoms. The zero-order valence-corrected chi connectivity index (χ0v) is 21.5. The van der Waals surface area contributed by atoms with E-state index in [2.05, 4.69) is 156 Å². The lowest BCUT2D eigenvalue weighted by molar-refractivity contribution is 0.709. The summed E-state index contributed by atoms with van der Waals surface area (Å²) >= 11 is 0. The van der Waals surface area contributed by atoms with Gasteiger partial charge in [0.15, 0.2) is 0 Å². The molecule has 1 aromatic heterocycles. The van der Waals surface area contributed by atoms with Crippen LogP contribution < -0.4 is 0 Å². The Morgan fingerprint density at radius 3 is 1.79 bits per heavy atom. The highest BCUT2D eigenvalue weighted by Crippen LogP contribution is 2.46. The van der Waals surface area contributed by atoms with Crippen LogP contribution in [0.1, 0.15) is 34.1 Å². The number of fused-ring (bicyclic) bond motifs is 6. The molecule has 0 radical (unpaired) electrons. The van der Waals surface area contributed by atoms with Gasteiger partial charge in [0, 0.05) is 28.3 Å². The molecule has 184 valence electrons. The Bertz CT molecular complexity index is 1960. The smallest absolute Gasteiger partial charge is 0.0541 e. The highest BCUT2D eigenvalue weighted by atomic mass is 15.0. The zero-order valence-electron chi connectivity index (χ0n) is 21.5. The normalized spacial score (nSPS) is 16.6. The van der Waals surface area contributed by atoms with E-state index in [4.69, 9.17) is 0 Å². The maximum absolute atomic E-state index is 2.42. The van der Waals surface area contributed by atoms with Crippen molar-refractivity contribution in [3.63, 3.8) is 0 Å². The lowest BCUT2D eigenvalue weighted by Crippen LogP contribution is -2.16. The van der Waals surface area contributed by atoms with Crippen molar-refractivity contribution < 1.29 is 0 Å². The molecule has 1 nitrogen and oxygen atoms in total. The van der Waals surface area contributed by atoms with E-state index in [-0.39, 0.29) is 11.8 Å². The van der Waals surface area contributed by atoms with Gasteiger partial charge in [-0.3, -0.25) is 0 Å². The Morgan fingerprint density at radius 1 is 0.462 bits per heavy atom. The molecular weight excluding hydrogens is 470 g/mol. The summed E-state index contributed by atoms with van der Waals surface area (Å²) in [4.78, 5) is 0. The Morgan fingerprint density at radius 2 is 1.08 bits per heavy atom. The van der Waals surface area contributed by atoms with Crippen LogP contribution in [0.4, 0.5) is 0 Å². The lowest BCUT2D eigenvalue weighted by Gasteiger charge is -2.32. The van der Waals surface area contributed by atoms with Gasteiger partial charge in [-0.15, -0.1) is 0 Å². The van der Waals surface area contributed by atoms with E-state index in [1.165, 1.54) is 60.5 Å². The number of rotatable bonds is 3. The average Bonchev–Trinajstić information content (AvgIpc) is 3.35. The van der Waals surface area contributed by atoms with Gasteiger partial charge < -0.3 is 4.57 Å². The largest absolute Gasteiger partial charge is 0.309 e. The van der Waals surface area contributed by atoms with Crippen LogP contribution in [-0.4, -0.2) is 4.57 Å². The van der Waals surface area contributed by atoms with Crippen molar-refractivity contribution >= 4 is 38.7 Å². The van der Waals surface area contributed by atoms with Gasteiger partial charge >= 0.3 is 0 Å². The Balaban J connectivity index is 1.27. The SMILES string of the molecule is C1=CC(c2ccc(-n3c4ccccc4c4ccccc43)cc2)C(c2ccccc2)c2ccc3ccccc3c21. The summed E-state index contributed by atoms with van der Waals surface area (Å²) in [6.45, 7) is 0. The first-order chi connectivity index (χ1) is 19.4. The number of allylic oxidation sites excluding steroid dienone is 1. The van der Waals surface area contributed by atoms with Crippen LogP contribution in [0.25, 0.3) is 44.3 Å². The summed E-state index contributed by atoms with van der Waals surface area (Å²) < 4.78 is 2.39. The minimum absolute atomic E-state index is 0.258. The highest BCUT2D eigenvalue weighted by Gasteiger charge is 2.30. The van der Waals surface area contributed by atoms with Crippen LogP contribution in [0.2, 0.25) is 0 Å². The predicted molar refractivity (Wildman–Crippen MR) is 165 cm³/mol. The molecule has 0 N–H and O–H groups in total. The molecule has 1 aliphatic rings. The number of aromatic nitrogens is 1. The van der Waals surface area contributed by atoms with Crippen LogP contribution in [0.3, 0.4) is 0 Å². The van der Waals surface area contributed by atoms with Crippen molar-refractivity contribution in [3.05, 3.63) is 168 Å². The van der Waals surface area contributed by atoms with E-state index >= 15 is 0 Å². The summed E-state index contributed by atoms with van der Waals surface area (Å²) in [5.41, 5.74) is 9.12. The molecule has 0 fully saturated rings. The van der Waals surface area contributed by atoms with Crippen molar-refractivity contribution in [1.29, 1.82) is 0 Å². The summed E-state index contributed by atoms with van der Waals surface area (Å²) in [7, 11) is 0. The van der Waals surface area contributed by atoms with E-state index in [1.807, 2.05) is 0 Å². The maximum Gasteiger partial charge on any atom is 0.0541 e. The van der Waals surface area contributed by atoms with E-state index in [0.29, 0.717) is 0 Å². The molecule has 0 amide bonds. The van der Waals surface area contributed by atoms with Crippen LogP contribution >= 0.6 is 0 Å². The first-order valence-corrected chi connectivity index (χ1v) is 13.7. The molecule has 2 unspecified atom stereocenters. The van der Waals surface area contributed by atoms with Crippen molar-refractivity contribution in [2.45, 2.75) is 11.8 Å². The standard InChI is InChI=1S/C38H27N/c1-2-11-28(12-3-1)38-31(24-25-32-30-13-5-4-10-26(30)20-23-35(32)38)27-18-21-29(22-19-27)39-36-16-8-6-14-33(36)34-15-7-9-17-37(34)39/h1-25,31,38H. The highest BCUT2D eigenvalue weighted by molar-refractivity contribution is 6.09. The second kappa shape index (κ2) is 8.85. The van der Waals surface area contributed by atoms with Gasteiger partial charge in [-0.2, -0.15) is 0 Å². The van der Waals surface area contributed by atoms with Gasteiger partial charge in [0.2, 0.25) is 0 Å². The van der Waals surface area contributed by atoms with E-state index in [0.717, 1.165) is 0 Å². The fourth-order valence-corrected chi connectivity index (χ4v) is 6.67. The van der Waals surface area contributed by atoms with Crippen LogP contribution in [-0.2, 0) is 0 Å². The van der Waals surface area contributed by atoms with E-state index in [9.17, 15) is 0 Å². The summed E-state index contributed by atoms with van der Waals surface area (Å²) in [5, 5.41) is 5.20. The monoisotopic (exact) mass is 497 g/mol. The molecule has 0 saturated carbocycles. The van der Waals surface area contributed by atoms with Crippen molar-refractivity contribution in [2.24, 2.45) is 0 Å². The first-order valence-electron chi connectivity index (χ1n) is 13.7. The summed E-state index contributed by atoms with van der Waals surface area (Å²) in [6.07, 6.45) is 4.77. The topological polar surface area (TPSA) is 4.93 Å². The van der Waals surface area contributed by atoms with Crippen LogP contribution in [0.15, 0.2) is 146 Å². The number of nitrogens with zero attached hydrogens (tertiary/aromatic N) is 1. The van der Waals surface area contributed by atoms with Crippen molar-refractivity contribution in [1.82, 2.24) is 4.57 Å². The number of hydrogen-bond acceptors (Lipinski definition) is 0. The lowest BCUT2D eigenvalue weighted by atomic mass is 9.72. The molecule has 1 aliphatic carbocycles. The molecule has 6 aromatic carbocycles. The number of para-hydroxylation sites is 2. The third-order valence-corrected chi connectivity index (χ3v) is 8.44. The van der Waals surface area contributed by atoms with E-state index in [1.54, 1.807) is 0 Å². The summed E-state index contributed by atoms with van der Waals surface area (Å²) in [5.74, 6) is 0.517. The van der Waals surface area contributed by atoms with Crippen LogP contribution in [0, 0.1) is 0 Å². The summed E-state index contributed by atoms with van der Waals surface area (Å²) in [6, 6.07) is 51.0. The molecule has 0 aliphatic heterocycles. The minimum atomic E-state index is 0.258. The van der Waals surface area contributed by atoms with Gasteiger partial charge in [0.05, 0.1) is 11.0 Å². The Kier molecular flexibility index (Phi) is 5.03. The van der Waals surface area contributed by atoms with Gasteiger partial charge in [-0.25, -0.2) is 0 Å². The predicted octanol–water partition coefficient (Wildman–Crippen LogP) is 9.88. The third-order valence-electron chi connectivity index (χ3n) is 8.44. The fraction of sp³-hybridized carbons (Fsp3) is 0.0526. The molecular formula is C38H27N.